The van der Waals surface area contributed by atoms with E-state index < -0.39 is 0 Å². The molecule has 0 unspecified atom stereocenters. The van der Waals surface area contributed by atoms with Crippen LogP contribution in [0.4, 0.5) is 0 Å². The summed E-state index contributed by atoms with van der Waals surface area (Å²) in [6.45, 7) is 11.4. The molecule has 0 aliphatic heterocycles. The predicted octanol–water partition coefficient (Wildman–Crippen LogP) is 1.35. The monoisotopic (exact) mass is 147 g/mol. The van der Waals surface area contributed by atoms with Gasteiger partial charge < -0.3 is 10.0 Å². The molecule has 0 aromatic heterocycles. The number of hydrogen-bond donors (Lipinski definition) is 1. The van der Waals surface area contributed by atoms with Crippen molar-refractivity contribution < 1.29 is 5.11 Å². The molecule has 10 heavy (non-hydrogen) atoms. The average Bonchev–Trinajstić information content (AvgIpc) is 2.04. The molecule has 0 amide bonds. The van der Waals surface area contributed by atoms with E-state index in [1.54, 1.807) is 0 Å². The Bertz CT molecular complexity index is 44.5. The van der Waals surface area contributed by atoms with Gasteiger partial charge in [0.1, 0.15) is 0 Å². The maximum atomic E-state index is 8.46. The van der Waals surface area contributed by atoms with Crippen LogP contribution in [0, 0.1) is 0 Å². The Morgan fingerprint density at radius 3 is 1.60 bits per heavy atom. The van der Waals surface area contributed by atoms with Crippen molar-refractivity contribution in [3.8, 4) is 0 Å². The lowest BCUT2D eigenvalue weighted by Crippen LogP contribution is -2.25. The SMILES string of the molecule is CC.CCN(CC)CCO. The van der Waals surface area contributed by atoms with E-state index >= 15 is 0 Å². The molecule has 0 aromatic carbocycles. The highest BCUT2D eigenvalue weighted by molar-refractivity contribution is 4.47. The molecule has 0 fully saturated rings. The molecule has 1 N–H and O–H groups in total. The summed E-state index contributed by atoms with van der Waals surface area (Å²) in [5.74, 6) is 0. The smallest absolute Gasteiger partial charge is 0.0558 e. The van der Waals surface area contributed by atoms with Gasteiger partial charge in [0.25, 0.3) is 0 Å². The van der Waals surface area contributed by atoms with Gasteiger partial charge >= 0.3 is 0 Å². The first-order chi connectivity index (χ1) is 4.85. The van der Waals surface area contributed by atoms with Crippen LogP contribution in [0.2, 0.25) is 0 Å². The van der Waals surface area contributed by atoms with E-state index in [0.717, 1.165) is 19.6 Å². The molecule has 0 aromatic rings. The molecule has 0 bridgehead atoms. The lowest BCUT2D eigenvalue weighted by atomic mass is 10.5. The maximum Gasteiger partial charge on any atom is 0.0558 e. The lowest BCUT2D eigenvalue weighted by molar-refractivity contribution is 0.208. The van der Waals surface area contributed by atoms with Crippen molar-refractivity contribution in [2.75, 3.05) is 26.2 Å². The summed E-state index contributed by atoms with van der Waals surface area (Å²) in [7, 11) is 0. The zero-order valence-corrected chi connectivity index (χ0v) is 7.72. The quantitative estimate of drug-likeness (QED) is 0.649. The largest absolute Gasteiger partial charge is 0.395 e. The Morgan fingerprint density at radius 2 is 1.50 bits per heavy atom. The molecule has 64 valence electrons. The zero-order valence-electron chi connectivity index (χ0n) is 7.72. The van der Waals surface area contributed by atoms with Crippen LogP contribution in [0.5, 0.6) is 0 Å². The van der Waals surface area contributed by atoms with Crippen LogP contribution in [0.15, 0.2) is 0 Å². The lowest BCUT2D eigenvalue weighted by Gasteiger charge is -2.15. The van der Waals surface area contributed by atoms with E-state index in [9.17, 15) is 0 Å². The van der Waals surface area contributed by atoms with Crippen molar-refractivity contribution in [2.24, 2.45) is 0 Å². The van der Waals surface area contributed by atoms with E-state index in [2.05, 4.69) is 18.7 Å². The second kappa shape index (κ2) is 11.7. The molecular weight excluding hydrogens is 126 g/mol. The van der Waals surface area contributed by atoms with Crippen LogP contribution in [-0.2, 0) is 0 Å². The van der Waals surface area contributed by atoms with Crippen molar-refractivity contribution in [2.45, 2.75) is 27.7 Å². The highest BCUT2D eigenvalue weighted by atomic mass is 16.3. The third kappa shape index (κ3) is 7.92. The fourth-order valence-electron chi connectivity index (χ4n) is 0.681. The molecular formula is C8H21NO. The van der Waals surface area contributed by atoms with Crippen LogP contribution in [-0.4, -0.2) is 36.2 Å². The standard InChI is InChI=1S/C6H15NO.C2H6/c1-3-7(4-2)5-6-8;1-2/h8H,3-6H2,1-2H3;1-2H3. The van der Waals surface area contributed by atoms with Crippen molar-refractivity contribution in [1.82, 2.24) is 4.90 Å². The molecule has 2 heteroatoms. The molecule has 0 atom stereocenters. The molecule has 0 spiro atoms. The number of rotatable bonds is 4. The van der Waals surface area contributed by atoms with Crippen molar-refractivity contribution in [1.29, 1.82) is 0 Å². The average molecular weight is 147 g/mol. The van der Waals surface area contributed by atoms with Gasteiger partial charge in [0.05, 0.1) is 6.61 Å². The minimum absolute atomic E-state index is 0.279. The fourth-order valence-corrected chi connectivity index (χ4v) is 0.681. The second-order valence-corrected chi connectivity index (χ2v) is 1.75. The van der Waals surface area contributed by atoms with Gasteiger partial charge in [-0.3, -0.25) is 0 Å². The summed E-state index contributed by atoms with van der Waals surface area (Å²) in [6, 6.07) is 0. The maximum absolute atomic E-state index is 8.46. The van der Waals surface area contributed by atoms with Crippen LogP contribution < -0.4 is 0 Å². The summed E-state index contributed by atoms with van der Waals surface area (Å²) >= 11 is 0. The first-order valence-electron chi connectivity index (χ1n) is 4.18. The van der Waals surface area contributed by atoms with Gasteiger partial charge in [-0.2, -0.15) is 0 Å². The second-order valence-electron chi connectivity index (χ2n) is 1.75. The number of hydrogen-bond acceptors (Lipinski definition) is 2. The number of nitrogens with zero attached hydrogens (tertiary/aromatic N) is 1. The van der Waals surface area contributed by atoms with Crippen LogP contribution >= 0.6 is 0 Å². The first-order valence-corrected chi connectivity index (χ1v) is 4.18. The number of likely N-dealkylation sites (N-methyl/N-ethyl adjacent to an activating group) is 1. The summed E-state index contributed by atoms with van der Waals surface area (Å²) in [5, 5.41) is 8.46. The van der Waals surface area contributed by atoms with Crippen molar-refractivity contribution >= 4 is 0 Å². The van der Waals surface area contributed by atoms with Gasteiger partial charge in [-0.05, 0) is 13.1 Å². The highest BCUT2D eigenvalue weighted by Crippen LogP contribution is 1.82. The number of aliphatic hydroxyl groups is 1. The van der Waals surface area contributed by atoms with E-state index in [4.69, 9.17) is 5.11 Å². The van der Waals surface area contributed by atoms with Crippen LogP contribution in [0.25, 0.3) is 0 Å². The van der Waals surface area contributed by atoms with Crippen molar-refractivity contribution in [3.63, 3.8) is 0 Å². The number of aliphatic hydroxyl groups excluding tert-OH is 1. The summed E-state index contributed by atoms with van der Waals surface area (Å²) in [5.41, 5.74) is 0. The Labute approximate surface area is 64.9 Å². The van der Waals surface area contributed by atoms with Gasteiger partial charge in [-0.1, -0.05) is 27.7 Å². The van der Waals surface area contributed by atoms with Gasteiger partial charge in [-0.25, -0.2) is 0 Å². The summed E-state index contributed by atoms with van der Waals surface area (Å²) in [6.07, 6.45) is 0. The van der Waals surface area contributed by atoms with E-state index in [-0.39, 0.29) is 6.61 Å². The first kappa shape index (κ1) is 12.6. The minimum atomic E-state index is 0.279. The van der Waals surface area contributed by atoms with E-state index in [0.29, 0.717) is 0 Å². The molecule has 0 aliphatic rings. The Balaban J connectivity index is 0. The Morgan fingerprint density at radius 1 is 1.10 bits per heavy atom. The third-order valence-corrected chi connectivity index (χ3v) is 1.31. The predicted molar refractivity (Wildman–Crippen MR) is 46.2 cm³/mol. The Kier molecular flexibility index (Phi) is 14.7. The van der Waals surface area contributed by atoms with Crippen molar-refractivity contribution in [3.05, 3.63) is 0 Å². The fraction of sp³-hybridized carbons (Fsp3) is 1.00. The Hall–Kier alpha value is -0.0800. The van der Waals surface area contributed by atoms with Crippen LogP contribution in [0.3, 0.4) is 0 Å². The molecule has 2 nitrogen and oxygen atoms in total. The third-order valence-electron chi connectivity index (χ3n) is 1.31. The molecule has 0 radical (unpaired) electrons. The molecule has 0 saturated heterocycles. The van der Waals surface area contributed by atoms with Crippen LogP contribution in [0.1, 0.15) is 27.7 Å². The molecule has 0 saturated carbocycles. The highest BCUT2D eigenvalue weighted by Gasteiger charge is 1.93. The van der Waals surface area contributed by atoms with E-state index in [1.165, 1.54) is 0 Å². The normalized spacial score (nSPS) is 9.00. The molecule has 0 aliphatic carbocycles. The van der Waals surface area contributed by atoms with Gasteiger partial charge in [0.15, 0.2) is 0 Å². The van der Waals surface area contributed by atoms with Gasteiger partial charge in [-0.15, -0.1) is 0 Å². The van der Waals surface area contributed by atoms with Gasteiger partial charge in [0, 0.05) is 6.54 Å². The minimum Gasteiger partial charge on any atom is -0.395 e. The van der Waals surface area contributed by atoms with E-state index in [1.807, 2.05) is 13.8 Å². The summed E-state index contributed by atoms with van der Waals surface area (Å²) in [4.78, 5) is 2.18. The molecule has 0 rings (SSSR count). The zero-order chi connectivity index (χ0) is 8.41. The van der Waals surface area contributed by atoms with Gasteiger partial charge in [0.2, 0.25) is 0 Å². The summed E-state index contributed by atoms with van der Waals surface area (Å²) < 4.78 is 0. The molecule has 0 heterocycles. The topological polar surface area (TPSA) is 23.5 Å².